The Hall–Kier alpha value is -2.34. The first kappa shape index (κ1) is 15.1. The van der Waals surface area contributed by atoms with Gasteiger partial charge < -0.3 is 20.7 Å². The van der Waals surface area contributed by atoms with Crippen LogP contribution >= 0.6 is 0 Å². The summed E-state index contributed by atoms with van der Waals surface area (Å²) in [5.74, 6) is 1.34. The first-order valence-electron chi connectivity index (χ1n) is 6.93. The van der Waals surface area contributed by atoms with Gasteiger partial charge in [0.05, 0.1) is 6.61 Å². The molecule has 2 rings (SSSR count). The van der Waals surface area contributed by atoms with Crippen LogP contribution in [0.15, 0.2) is 36.7 Å². The first-order valence-corrected chi connectivity index (χ1v) is 6.93. The van der Waals surface area contributed by atoms with Crippen molar-refractivity contribution >= 4 is 23.0 Å². The van der Waals surface area contributed by atoms with Crippen LogP contribution in [0.2, 0.25) is 0 Å². The third-order valence-corrected chi connectivity index (χ3v) is 3.10. The molecule has 0 aliphatic rings. The van der Waals surface area contributed by atoms with Crippen molar-refractivity contribution in [2.45, 2.75) is 6.92 Å². The zero-order valence-corrected chi connectivity index (χ0v) is 12.4. The van der Waals surface area contributed by atoms with Crippen molar-refractivity contribution in [3.63, 3.8) is 0 Å². The molecular weight excluding hydrogens is 266 g/mol. The molecule has 0 fully saturated rings. The van der Waals surface area contributed by atoms with Gasteiger partial charge >= 0.3 is 0 Å². The largest absolute Gasteiger partial charge is 0.393 e. The summed E-state index contributed by atoms with van der Waals surface area (Å²) in [6, 6.07) is 10.0. The first-order chi connectivity index (χ1) is 10.3. The summed E-state index contributed by atoms with van der Waals surface area (Å²) in [7, 11) is 1.66. The molecule has 6 nitrogen and oxygen atoms in total. The van der Waals surface area contributed by atoms with Gasteiger partial charge in [0.1, 0.15) is 12.0 Å². The Kier molecular flexibility index (Phi) is 5.34. The minimum Gasteiger partial charge on any atom is -0.393 e. The fourth-order valence-electron chi connectivity index (χ4n) is 2.08. The number of nitrogens with two attached hydrogens (primary N) is 1. The monoisotopic (exact) mass is 287 g/mol. The Morgan fingerprint density at radius 3 is 2.67 bits per heavy atom. The van der Waals surface area contributed by atoms with Gasteiger partial charge in [-0.25, -0.2) is 9.97 Å². The molecule has 0 bridgehead atoms. The number of benzene rings is 1. The van der Waals surface area contributed by atoms with Gasteiger partial charge in [-0.2, -0.15) is 0 Å². The van der Waals surface area contributed by atoms with E-state index < -0.39 is 0 Å². The number of nitrogen functional groups attached to an aromatic ring is 1. The highest BCUT2D eigenvalue weighted by atomic mass is 16.5. The minimum atomic E-state index is 0.541. The van der Waals surface area contributed by atoms with Crippen molar-refractivity contribution in [2.75, 3.05) is 42.8 Å². The zero-order chi connectivity index (χ0) is 15.1. The molecule has 0 unspecified atom stereocenters. The molecule has 0 aliphatic carbocycles. The van der Waals surface area contributed by atoms with Crippen molar-refractivity contribution < 1.29 is 4.74 Å². The van der Waals surface area contributed by atoms with E-state index in [0.29, 0.717) is 30.5 Å². The number of ether oxygens (including phenoxy) is 1. The number of nitrogens with one attached hydrogen (secondary N) is 1. The summed E-state index contributed by atoms with van der Waals surface area (Å²) in [4.78, 5) is 10.6. The highest BCUT2D eigenvalue weighted by Crippen LogP contribution is 2.31. The third-order valence-electron chi connectivity index (χ3n) is 3.10. The second-order valence-corrected chi connectivity index (χ2v) is 4.46. The molecule has 6 heteroatoms. The third kappa shape index (κ3) is 3.61. The minimum absolute atomic E-state index is 0.541. The summed E-state index contributed by atoms with van der Waals surface area (Å²) in [5, 5.41) is 3.16. The summed E-state index contributed by atoms with van der Waals surface area (Å²) >= 11 is 0. The van der Waals surface area contributed by atoms with Crippen LogP contribution < -0.4 is 16.0 Å². The molecule has 3 N–H and O–H groups in total. The van der Waals surface area contributed by atoms with Gasteiger partial charge in [-0.15, -0.1) is 0 Å². The van der Waals surface area contributed by atoms with Crippen LogP contribution in [0.25, 0.3) is 0 Å². The molecule has 0 saturated carbocycles. The van der Waals surface area contributed by atoms with E-state index in [4.69, 9.17) is 10.5 Å². The average molecular weight is 287 g/mol. The lowest BCUT2D eigenvalue weighted by molar-refractivity contribution is 0.210. The highest BCUT2D eigenvalue weighted by Gasteiger charge is 2.15. The molecule has 1 aromatic heterocycles. The number of methoxy groups -OCH3 is 1. The molecular formula is C15H21N5O. The molecule has 2 aromatic rings. The standard InChI is InChI=1S/C15H21N5O/c1-3-20(12-7-5-4-6-8-12)15-13(16)14(18-11-19-15)17-9-10-21-2/h4-8,11H,3,9-10,16H2,1-2H3,(H,17,18,19). The van der Waals surface area contributed by atoms with Gasteiger partial charge in [-0.3, -0.25) is 0 Å². The lowest BCUT2D eigenvalue weighted by Gasteiger charge is -2.24. The van der Waals surface area contributed by atoms with Crippen LogP contribution in [-0.2, 0) is 4.74 Å². The average Bonchev–Trinajstić information content (AvgIpc) is 2.52. The van der Waals surface area contributed by atoms with Gasteiger partial charge in [-0.05, 0) is 19.1 Å². The van der Waals surface area contributed by atoms with E-state index in [1.807, 2.05) is 30.3 Å². The quantitative estimate of drug-likeness (QED) is 0.761. The second-order valence-electron chi connectivity index (χ2n) is 4.46. The van der Waals surface area contributed by atoms with E-state index in [2.05, 4.69) is 27.1 Å². The van der Waals surface area contributed by atoms with E-state index in [9.17, 15) is 0 Å². The summed E-state index contributed by atoms with van der Waals surface area (Å²) in [6.45, 7) is 4.07. The number of para-hydroxylation sites is 1. The van der Waals surface area contributed by atoms with Gasteiger partial charge in [0.25, 0.3) is 0 Å². The molecule has 0 saturated heterocycles. The predicted molar refractivity (Wildman–Crippen MR) is 85.9 cm³/mol. The van der Waals surface area contributed by atoms with E-state index in [0.717, 1.165) is 12.2 Å². The fourth-order valence-corrected chi connectivity index (χ4v) is 2.08. The summed E-state index contributed by atoms with van der Waals surface area (Å²) < 4.78 is 5.01. The van der Waals surface area contributed by atoms with Crippen LogP contribution in [0.3, 0.4) is 0 Å². The maximum Gasteiger partial charge on any atom is 0.161 e. The highest BCUT2D eigenvalue weighted by molar-refractivity contribution is 5.79. The number of hydrogen-bond donors (Lipinski definition) is 2. The molecule has 0 radical (unpaired) electrons. The van der Waals surface area contributed by atoms with Crippen LogP contribution in [0.5, 0.6) is 0 Å². The van der Waals surface area contributed by atoms with Crippen molar-refractivity contribution in [3.8, 4) is 0 Å². The smallest absolute Gasteiger partial charge is 0.161 e. The Morgan fingerprint density at radius 1 is 1.24 bits per heavy atom. The molecule has 112 valence electrons. The van der Waals surface area contributed by atoms with Crippen molar-refractivity contribution in [2.24, 2.45) is 0 Å². The lowest BCUT2D eigenvalue weighted by Crippen LogP contribution is -2.20. The predicted octanol–water partition coefficient (Wildman–Crippen LogP) is 2.28. The molecule has 0 atom stereocenters. The molecule has 0 aliphatic heterocycles. The topological polar surface area (TPSA) is 76.3 Å². The number of hydrogen-bond acceptors (Lipinski definition) is 6. The second kappa shape index (κ2) is 7.44. The molecule has 0 spiro atoms. The van der Waals surface area contributed by atoms with Crippen molar-refractivity contribution in [1.82, 2.24) is 9.97 Å². The summed E-state index contributed by atoms with van der Waals surface area (Å²) in [5.41, 5.74) is 7.80. The van der Waals surface area contributed by atoms with Crippen LogP contribution in [0, 0.1) is 0 Å². The molecule has 0 amide bonds. The molecule has 1 aromatic carbocycles. The Balaban J connectivity index is 2.27. The Bertz CT molecular complexity index is 561. The van der Waals surface area contributed by atoms with Gasteiger partial charge in [0, 0.05) is 25.9 Å². The number of nitrogens with zero attached hydrogens (tertiary/aromatic N) is 3. The van der Waals surface area contributed by atoms with E-state index in [1.165, 1.54) is 6.33 Å². The fraction of sp³-hybridized carbons (Fsp3) is 0.333. The number of rotatable bonds is 7. The van der Waals surface area contributed by atoms with Crippen LogP contribution in [0.1, 0.15) is 6.92 Å². The van der Waals surface area contributed by atoms with E-state index >= 15 is 0 Å². The number of aromatic nitrogens is 2. The summed E-state index contributed by atoms with van der Waals surface area (Å²) in [6.07, 6.45) is 1.52. The van der Waals surface area contributed by atoms with Crippen LogP contribution in [0.4, 0.5) is 23.0 Å². The lowest BCUT2D eigenvalue weighted by atomic mass is 10.2. The van der Waals surface area contributed by atoms with E-state index in [-0.39, 0.29) is 0 Å². The maximum atomic E-state index is 6.21. The van der Waals surface area contributed by atoms with Gasteiger partial charge in [0.2, 0.25) is 0 Å². The van der Waals surface area contributed by atoms with Crippen molar-refractivity contribution in [3.05, 3.63) is 36.7 Å². The zero-order valence-electron chi connectivity index (χ0n) is 12.4. The molecule has 1 heterocycles. The molecule has 21 heavy (non-hydrogen) atoms. The number of anilines is 4. The SMILES string of the molecule is CCN(c1ccccc1)c1ncnc(NCCOC)c1N. The normalized spacial score (nSPS) is 10.4. The van der Waals surface area contributed by atoms with Gasteiger partial charge in [-0.1, -0.05) is 18.2 Å². The van der Waals surface area contributed by atoms with E-state index in [1.54, 1.807) is 7.11 Å². The Labute approximate surface area is 125 Å². The van der Waals surface area contributed by atoms with Crippen molar-refractivity contribution in [1.29, 1.82) is 0 Å². The maximum absolute atomic E-state index is 6.21. The van der Waals surface area contributed by atoms with Gasteiger partial charge in [0.15, 0.2) is 11.6 Å². The Morgan fingerprint density at radius 2 is 2.00 bits per heavy atom. The van der Waals surface area contributed by atoms with Crippen LogP contribution in [-0.4, -0.2) is 36.8 Å².